The van der Waals surface area contributed by atoms with Gasteiger partial charge in [-0.3, -0.25) is 9.59 Å². The van der Waals surface area contributed by atoms with E-state index in [2.05, 4.69) is 5.32 Å². The van der Waals surface area contributed by atoms with E-state index in [1.54, 1.807) is 16.7 Å². The van der Waals surface area contributed by atoms with Gasteiger partial charge in [0.25, 0.3) is 5.91 Å². The third kappa shape index (κ3) is 4.52. The molecule has 2 N–H and O–H groups in total. The first-order valence-corrected chi connectivity index (χ1v) is 9.31. The van der Waals surface area contributed by atoms with Crippen LogP contribution in [0.25, 0.3) is 0 Å². The van der Waals surface area contributed by atoms with Crippen LogP contribution in [-0.4, -0.2) is 70.6 Å². The Morgan fingerprint density at radius 2 is 1.88 bits per heavy atom. The summed E-state index contributed by atoms with van der Waals surface area (Å²) in [5.74, 6) is -0.0907. The molecule has 2 heterocycles. The Balaban J connectivity index is 1.68. The Morgan fingerprint density at radius 1 is 1.20 bits per heavy atom. The number of carbonyl (C=O) groups is 3. The largest absolute Gasteiger partial charge is 0.479 e. The lowest BCUT2D eigenvalue weighted by atomic mass is 10.0. The van der Waals surface area contributed by atoms with Crippen LogP contribution in [0.1, 0.15) is 5.56 Å². The minimum absolute atomic E-state index is 0.134. The van der Waals surface area contributed by atoms with Crippen molar-refractivity contribution in [2.45, 2.75) is 24.7 Å². The molecule has 1 aromatic carbocycles. The maximum Gasteiger partial charge on any atom is 0.336 e. The second kappa shape index (κ2) is 7.88. The second-order valence-electron chi connectivity index (χ2n) is 6.00. The average Bonchev–Trinajstić information content (AvgIpc) is 3.43. The van der Waals surface area contributed by atoms with Crippen LogP contribution in [0.3, 0.4) is 0 Å². The zero-order chi connectivity index (χ0) is 17.8. The third-order valence-corrected chi connectivity index (χ3v) is 5.16. The highest BCUT2D eigenvalue weighted by atomic mass is 32.2. The van der Waals surface area contributed by atoms with E-state index in [0.717, 1.165) is 17.1 Å². The number of benzene rings is 1. The molecule has 0 saturated carbocycles. The Labute approximate surface area is 149 Å². The van der Waals surface area contributed by atoms with Gasteiger partial charge in [0, 0.05) is 31.0 Å². The smallest absolute Gasteiger partial charge is 0.336 e. The number of rotatable bonds is 6. The van der Waals surface area contributed by atoms with Crippen LogP contribution in [0, 0.1) is 0 Å². The van der Waals surface area contributed by atoms with Crippen LogP contribution < -0.4 is 5.32 Å². The zero-order valence-electron chi connectivity index (χ0n) is 13.6. The summed E-state index contributed by atoms with van der Waals surface area (Å²) in [7, 11) is 0. The molecular formula is C17H20N2O5S. The van der Waals surface area contributed by atoms with Crippen LogP contribution in [0.15, 0.2) is 30.3 Å². The molecule has 3 atom stereocenters. The molecule has 2 saturated heterocycles. The van der Waals surface area contributed by atoms with Gasteiger partial charge >= 0.3 is 5.97 Å². The highest BCUT2D eigenvalue weighted by Crippen LogP contribution is 2.23. The summed E-state index contributed by atoms with van der Waals surface area (Å²) in [5, 5.41) is 11.6. The molecule has 0 aromatic heterocycles. The highest BCUT2D eigenvalue weighted by molar-refractivity contribution is 7.99. The number of carboxylic acids is 1. The number of epoxide rings is 1. The first-order valence-electron chi connectivity index (χ1n) is 8.15. The summed E-state index contributed by atoms with van der Waals surface area (Å²) in [5.41, 5.74) is 0.930. The SMILES string of the molecule is O=C(O)[C@H]1O[C@@H]1C(=O)N[C@@H](Cc1ccccc1)C(=O)N1CCSCC1. The minimum atomic E-state index is -1.17. The van der Waals surface area contributed by atoms with Gasteiger partial charge in [0.15, 0.2) is 12.2 Å². The summed E-state index contributed by atoms with van der Waals surface area (Å²) >= 11 is 1.80. The predicted molar refractivity (Wildman–Crippen MR) is 92.3 cm³/mol. The van der Waals surface area contributed by atoms with Crippen LogP contribution in [0.5, 0.6) is 0 Å². The number of carbonyl (C=O) groups excluding carboxylic acids is 2. The lowest BCUT2D eigenvalue weighted by Gasteiger charge is -2.30. The number of amides is 2. The van der Waals surface area contributed by atoms with E-state index in [-0.39, 0.29) is 5.91 Å². The average molecular weight is 364 g/mol. The van der Waals surface area contributed by atoms with Crippen molar-refractivity contribution < 1.29 is 24.2 Å². The predicted octanol–water partition coefficient (Wildman–Crippen LogP) is 0.141. The summed E-state index contributed by atoms with van der Waals surface area (Å²) in [6.07, 6.45) is -1.76. The number of hydrogen-bond acceptors (Lipinski definition) is 5. The van der Waals surface area contributed by atoms with Gasteiger partial charge in [0.05, 0.1) is 0 Å². The van der Waals surface area contributed by atoms with Crippen molar-refractivity contribution in [3.05, 3.63) is 35.9 Å². The molecule has 2 aliphatic heterocycles. The van der Waals surface area contributed by atoms with Crippen molar-refractivity contribution in [2.24, 2.45) is 0 Å². The Kier molecular flexibility index (Phi) is 5.60. The van der Waals surface area contributed by atoms with Crippen molar-refractivity contribution in [2.75, 3.05) is 24.6 Å². The van der Waals surface area contributed by atoms with E-state index in [1.165, 1.54) is 0 Å². The van der Waals surface area contributed by atoms with Crippen molar-refractivity contribution in [3.8, 4) is 0 Å². The topological polar surface area (TPSA) is 99.2 Å². The van der Waals surface area contributed by atoms with Crippen molar-refractivity contribution in [3.63, 3.8) is 0 Å². The van der Waals surface area contributed by atoms with Gasteiger partial charge in [-0.2, -0.15) is 11.8 Å². The molecule has 0 aliphatic carbocycles. The molecule has 0 spiro atoms. The number of thioether (sulfide) groups is 1. The van der Waals surface area contributed by atoms with E-state index < -0.39 is 30.1 Å². The fraction of sp³-hybridized carbons (Fsp3) is 0.471. The first-order chi connectivity index (χ1) is 12.1. The quantitative estimate of drug-likeness (QED) is 0.697. The molecule has 25 heavy (non-hydrogen) atoms. The molecule has 1 aromatic rings. The standard InChI is InChI=1S/C17H20N2O5S/c20-15(13-14(24-13)17(22)23)18-12(10-11-4-2-1-3-5-11)16(21)19-6-8-25-9-7-19/h1-5,12-14H,6-10H2,(H,18,20)(H,22,23)/t12-,13-,14-/m0/s1. The zero-order valence-corrected chi connectivity index (χ0v) is 14.4. The fourth-order valence-corrected chi connectivity index (χ4v) is 3.71. The normalized spacial score (nSPS) is 23.6. The molecule has 0 unspecified atom stereocenters. The number of nitrogens with one attached hydrogen (secondary N) is 1. The molecule has 3 rings (SSSR count). The van der Waals surface area contributed by atoms with E-state index >= 15 is 0 Å². The molecule has 2 amide bonds. The monoisotopic (exact) mass is 364 g/mol. The molecule has 2 fully saturated rings. The van der Waals surface area contributed by atoms with Crippen LogP contribution in [-0.2, 0) is 25.5 Å². The van der Waals surface area contributed by atoms with Crippen molar-refractivity contribution in [1.29, 1.82) is 0 Å². The van der Waals surface area contributed by atoms with Gasteiger partial charge in [0.2, 0.25) is 5.91 Å². The molecular weight excluding hydrogens is 344 g/mol. The number of nitrogens with zero attached hydrogens (tertiary/aromatic N) is 1. The van der Waals surface area contributed by atoms with E-state index in [1.807, 2.05) is 30.3 Å². The van der Waals surface area contributed by atoms with Gasteiger partial charge in [0.1, 0.15) is 6.04 Å². The van der Waals surface area contributed by atoms with Gasteiger partial charge < -0.3 is 20.1 Å². The molecule has 7 nitrogen and oxygen atoms in total. The maximum atomic E-state index is 12.8. The third-order valence-electron chi connectivity index (χ3n) is 4.21. The molecule has 0 radical (unpaired) electrons. The summed E-state index contributed by atoms with van der Waals surface area (Å²) < 4.78 is 4.88. The van der Waals surface area contributed by atoms with Gasteiger partial charge in [-0.15, -0.1) is 0 Å². The molecule has 8 heteroatoms. The summed E-state index contributed by atoms with van der Waals surface area (Å²) in [6, 6.07) is 8.70. The lowest BCUT2D eigenvalue weighted by molar-refractivity contribution is -0.138. The van der Waals surface area contributed by atoms with E-state index in [4.69, 9.17) is 9.84 Å². The molecule has 134 valence electrons. The van der Waals surface area contributed by atoms with Crippen molar-refractivity contribution in [1.82, 2.24) is 10.2 Å². The second-order valence-corrected chi connectivity index (χ2v) is 7.23. The molecule has 2 aliphatic rings. The summed E-state index contributed by atoms with van der Waals surface area (Å²) in [4.78, 5) is 37.7. The van der Waals surface area contributed by atoms with Gasteiger partial charge in [-0.25, -0.2) is 4.79 Å². The van der Waals surface area contributed by atoms with Crippen LogP contribution in [0.2, 0.25) is 0 Å². The highest BCUT2D eigenvalue weighted by Gasteiger charge is 2.51. The lowest BCUT2D eigenvalue weighted by Crippen LogP contribution is -2.52. The van der Waals surface area contributed by atoms with Crippen molar-refractivity contribution >= 4 is 29.5 Å². The number of carboxylic acid groups (broad SMARTS) is 1. The van der Waals surface area contributed by atoms with Crippen LogP contribution >= 0.6 is 11.8 Å². The summed E-state index contributed by atoms with van der Waals surface area (Å²) in [6.45, 7) is 1.31. The number of hydrogen-bond donors (Lipinski definition) is 2. The molecule has 0 bridgehead atoms. The maximum absolute atomic E-state index is 12.8. The van der Waals surface area contributed by atoms with Crippen LogP contribution in [0.4, 0.5) is 0 Å². The first kappa shape index (κ1) is 17.8. The fourth-order valence-electron chi connectivity index (χ4n) is 2.81. The number of aliphatic carboxylic acids is 1. The van der Waals surface area contributed by atoms with Gasteiger partial charge in [-0.05, 0) is 5.56 Å². The minimum Gasteiger partial charge on any atom is -0.479 e. The van der Waals surface area contributed by atoms with Gasteiger partial charge in [-0.1, -0.05) is 30.3 Å². The van der Waals surface area contributed by atoms with E-state index in [9.17, 15) is 14.4 Å². The Hall–Kier alpha value is -2.06. The Bertz CT molecular complexity index is 648. The number of ether oxygens (including phenoxy) is 1. The Morgan fingerprint density at radius 3 is 2.48 bits per heavy atom. The van der Waals surface area contributed by atoms with E-state index in [0.29, 0.717) is 19.5 Å².